The van der Waals surface area contributed by atoms with Crippen molar-refractivity contribution in [3.05, 3.63) is 84.2 Å². The molecular formula is C21H22N2O2. The quantitative estimate of drug-likeness (QED) is 0.693. The minimum absolute atomic E-state index is 0.466. The first-order chi connectivity index (χ1) is 12.3. The number of methoxy groups -OCH3 is 1. The zero-order valence-electron chi connectivity index (χ0n) is 14.2. The van der Waals surface area contributed by atoms with Gasteiger partial charge in [0.2, 0.25) is 0 Å². The van der Waals surface area contributed by atoms with Crippen LogP contribution < -0.4 is 10.1 Å². The molecule has 4 heteroatoms. The molecule has 0 spiro atoms. The summed E-state index contributed by atoms with van der Waals surface area (Å²) in [5.41, 5.74) is 4.20. The Bertz CT molecular complexity index is 792. The smallest absolute Gasteiger partial charge is 0.123 e. The molecule has 3 aromatic rings. The number of ether oxygens (including phenoxy) is 1. The molecule has 0 bridgehead atoms. The molecular weight excluding hydrogens is 312 g/mol. The first-order valence-electron chi connectivity index (χ1n) is 8.29. The number of rotatable bonds is 7. The third-order valence-electron chi connectivity index (χ3n) is 4.14. The fourth-order valence-electron chi connectivity index (χ4n) is 2.75. The Morgan fingerprint density at radius 2 is 1.76 bits per heavy atom. The SMILES string of the molecule is COc1cc(-c2ccccc2)ccc1CNCC(O)c1ccncc1. The lowest BCUT2D eigenvalue weighted by molar-refractivity contribution is 0.174. The number of nitrogens with one attached hydrogen (secondary N) is 1. The van der Waals surface area contributed by atoms with Crippen molar-refractivity contribution in [3.63, 3.8) is 0 Å². The van der Waals surface area contributed by atoms with Gasteiger partial charge in [-0.1, -0.05) is 42.5 Å². The number of pyridine rings is 1. The van der Waals surface area contributed by atoms with Crippen LogP contribution in [-0.2, 0) is 6.54 Å². The maximum Gasteiger partial charge on any atom is 0.123 e. The van der Waals surface area contributed by atoms with Crippen LogP contribution in [0.2, 0.25) is 0 Å². The third-order valence-corrected chi connectivity index (χ3v) is 4.14. The number of aliphatic hydroxyl groups is 1. The van der Waals surface area contributed by atoms with Gasteiger partial charge in [-0.2, -0.15) is 0 Å². The highest BCUT2D eigenvalue weighted by Crippen LogP contribution is 2.27. The van der Waals surface area contributed by atoms with Gasteiger partial charge in [0, 0.05) is 31.0 Å². The fraction of sp³-hybridized carbons (Fsp3) is 0.190. The summed E-state index contributed by atoms with van der Waals surface area (Å²) < 4.78 is 5.54. The van der Waals surface area contributed by atoms with Crippen LogP contribution in [0.15, 0.2) is 73.1 Å². The second-order valence-electron chi connectivity index (χ2n) is 5.82. The second-order valence-corrected chi connectivity index (χ2v) is 5.82. The van der Waals surface area contributed by atoms with Crippen molar-refractivity contribution in [2.45, 2.75) is 12.6 Å². The maximum absolute atomic E-state index is 10.2. The zero-order chi connectivity index (χ0) is 17.5. The molecule has 25 heavy (non-hydrogen) atoms. The van der Waals surface area contributed by atoms with Crippen LogP contribution in [0.1, 0.15) is 17.2 Å². The first kappa shape index (κ1) is 17.1. The third kappa shape index (κ3) is 4.44. The highest BCUT2D eigenvalue weighted by atomic mass is 16.5. The maximum atomic E-state index is 10.2. The largest absolute Gasteiger partial charge is 0.496 e. The van der Waals surface area contributed by atoms with Gasteiger partial charge in [0.25, 0.3) is 0 Å². The van der Waals surface area contributed by atoms with Crippen molar-refractivity contribution in [2.24, 2.45) is 0 Å². The van der Waals surface area contributed by atoms with E-state index in [1.54, 1.807) is 19.5 Å². The summed E-state index contributed by atoms with van der Waals surface area (Å²) in [6.07, 6.45) is 2.81. The summed E-state index contributed by atoms with van der Waals surface area (Å²) in [7, 11) is 1.68. The highest BCUT2D eigenvalue weighted by molar-refractivity contribution is 5.66. The number of aromatic nitrogens is 1. The molecule has 128 valence electrons. The number of aliphatic hydroxyl groups excluding tert-OH is 1. The van der Waals surface area contributed by atoms with Crippen LogP contribution in [0.25, 0.3) is 11.1 Å². The van der Waals surface area contributed by atoms with E-state index in [4.69, 9.17) is 4.74 Å². The van der Waals surface area contributed by atoms with E-state index >= 15 is 0 Å². The minimum atomic E-state index is -0.558. The van der Waals surface area contributed by atoms with Crippen molar-refractivity contribution in [2.75, 3.05) is 13.7 Å². The molecule has 0 aliphatic heterocycles. The Morgan fingerprint density at radius 3 is 2.48 bits per heavy atom. The van der Waals surface area contributed by atoms with Gasteiger partial charge in [-0.05, 0) is 34.9 Å². The predicted octanol–water partition coefficient (Wildman–Crippen LogP) is 3.58. The molecule has 0 saturated heterocycles. The van der Waals surface area contributed by atoms with Gasteiger partial charge in [0.15, 0.2) is 0 Å². The monoisotopic (exact) mass is 334 g/mol. The van der Waals surface area contributed by atoms with E-state index in [-0.39, 0.29) is 0 Å². The molecule has 1 heterocycles. The molecule has 2 aromatic carbocycles. The van der Waals surface area contributed by atoms with Gasteiger partial charge in [0.1, 0.15) is 5.75 Å². The van der Waals surface area contributed by atoms with Gasteiger partial charge in [0.05, 0.1) is 13.2 Å². The first-order valence-corrected chi connectivity index (χ1v) is 8.29. The Morgan fingerprint density at radius 1 is 1.00 bits per heavy atom. The molecule has 1 unspecified atom stereocenters. The minimum Gasteiger partial charge on any atom is -0.496 e. The molecule has 1 atom stereocenters. The lowest BCUT2D eigenvalue weighted by atomic mass is 10.0. The van der Waals surface area contributed by atoms with Crippen molar-refractivity contribution >= 4 is 0 Å². The summed E-state index contributed by atoms with van der Waals surface area (Å²) in [6.45, 7) is 1.09. The van der Waals surface area contributed by atoms with E-state index in [0.717, 1.165) is 28.0 Å². The summed E-state index contributed by atoms with van der Waals surface area (Å²) in [5, 5.41) is 13.5. The van der Waals surface area contributed by atoms with Gasteiger partial charge in [-0.15, -0.1) is 0 Å². The summed E-state index contributed by atoms with van der Waals surface area (Å²) in [4.78, 5) is 3.96. The summed E-state index contributed by atoms with van der Waals surface area (Å²) >= 11 is 0. The average Bonchev–Trinajstić information content (AvgIpc) is 2.69. The average molecular weight is 334 g/mol. The van der Waals surface area contributed by atoms with E-state index in [1.165, 1.54) is 0 Å². The van der Waals surface area contributed by atoms with E-state index in [0.29, 0.717) is 13.1 Å². The van der Waals surface area contributed by atoms with Gasteiger partial charge in [-0.3, -0.25) is 4.98 Å². The van der Waals surface area contributed by atoms with Gasteiger partial charge in [-0.25, -0.2) is 0 Å². The molecule has 3 rings (SSSR count). The van der Waals surface area contributed by atoms with Crippen LogP contribution in [-0.4, -0.2) is 23.7 Å². The lowest BCUT2D eigenvalue weighted by Crippen LogP contribution is -2.21. The van der Waals surface area contributed by atoms with Crippen LogP contribution in [0.5, 0.6) is 5.75 Å². The molecule has 0 saturated carbocycles. The normalized spacial score (nSPS) is 11.9. The van der Waals surface area contributed by atoms with Crippen molar-refractivity contribution in [3.8, 4) is 16.9 Å². The Labute approximate surface area is 148 Å². The van der Waals surface area contributed by atoms with Crippen molar-refractivity contribution in [1.82, 2.24) is 10.3 Å². The topological polar surface area (TPSA) is 54.4 Å². The molecule has 0 aliphatic rings. The number of hydrogen-bond acceptors (Lipinski definition) is 4. The standard InChI is InChI=1S/C21H22N2O2/c1-25-21-13-18(16-5-3-2-4-6-16)7-8-19(21)14-23-15-20(24)17-9-11-22-12-10-17/h2-13,20,23-24H,14-15H2,1H3. The highest BCUT2D eigenvalue weighted by Gasteiger charge is 2.09. The Balaban J connectivity index is 1.64. The van der Waals surface area contributed by atoms with Crippen LogP contribution in [0, 0.1) is 0 Å². The van der Waals surface area contributed by atoms with Crippen molar-refractivity contribution < 1.29 is 9.84 Å². The van der Waals surface area contributed by atoms with Crippen molar-refractivity contribution in [1.29, 1.82) is 0 Å². The Kier molecular flexibility index (Phi) is 5.77. The lowest BCUT2D eigenvalue weighted by Gasteiger charge is -2.14. The Hall–Kier alpha value is -2.69. The molecule has 4 nitrogen and oxygen atoms in total. The van der Waals surface area contributed by atoms with Crippen LogP contribution in [0.4, 0.5) is 0 Å². The molecule has 0 radical (unpaired) electrons. The van der Waals surface area contributed by atoms with E-state index in [2.05, 4.69) is 34.6 Å². The number of nitrogens with zero attached hydrogens (tertiary/aromatic N) is 1. The van der Waals surface area contributed by atoms with Crippen LogP contribution >= 0.6 is 0 Å². The fourth-order valence-corrected chi connectivity index (χ4v) is 2.75. The number of hydrogen-bond donors (Lipinski definition) is 2. The zero-order valence-corrected chi connectivity index (χ0v) is 14.2. The summed E-state index contributed by atoms with van der Waals surface area (Å²) in [5.74, 6) is 0.840. The van der Waals surface area contributed by atoms with E-state index in [1.807, 2.05) is 36.4 Å². The van der Waals surface area contributed by atoms with Gasteiger partial charge < -0.3 is 15.2 Å². The second kappa shape index (κ2) is 8.42. The molecule has 1 aromatic heterocycles. The van der Waals surface area contributed by atoms with E-state index < -0.39 is 6.10 Å². The summed E-state index contributed by atoms with van der Waals surface area (Å²) in [6, 6.07) is 20.1. The van der Waals surface area contributed by atoms with Crippen LogP contribution in [0.3, 0.4) is 0 Å². The number of benzene rings is 2. The molecule has 2 N–H and O–H groups in total. The van der Waals surface area contributed by atoms with Gasteiger partial charge >= 0.3 is 0 Å². The molecule has 0 aliphatic carbocycles. The molecule has 0 amide bonds. The van der Waals surface area contributed by atoms with E-state index in [9.17, 15) is 5.11 Å². The predicted molar refractivity (Wildman–Crippen MR) is 99.3 cm³/mol. The molecule has 0 fully saturated rings.